The molecule has 3 aromatic carbocycles. The Balaban J connectivity index is 1.56. The van der Waals surface area contributed by atoms with Crippen LogP contribution in [0.25, 0.3) is 0 Å². The van der Waals surface area contributed by atoms with E-state index in [0.29, 0.717) is 23.8 Å². The lowest BCUT2D eigenvalue weighted by Gasteiger charge is -2.26. The minimum Gasteiger partial charge on any atom is -0.452 e. The molecule has 4 rings (SSSR count). The Labute approximate surface area is 216 Å². The average Bonchev–Trinajstić information content (AvgIpc) is 2.92. The van der Waals surface area contributed by atoms with E-state index in [1.807, 2.05) is 30.3 Å². The van der Waals surface area contributed by atoms with Gasteiger partial charge in [-0.25, -0.2) is 13.2 Å². The van der Waals surface area contributed by atoms with Crippen molar-refractivity contribution >= 4 is 39.2 Å². The Morgan fingerprint density at radius 2 is 1.58 bits per heavy atom. The second-order valence-corrected chi connectivity index (χ2v) is 10.8. The first-order valence-electron chi connectivity index (χ1n) is 11.7. The number of amides is 1. The highest BCUT2D eigenvalue weighted by molar-refractivity contribution is 7.92. The molecule has 1 fully saturated rings. The number of benzene rings is 3. The van der Waals surface area contributed by atoms with E-state index in [0.717, 1.165) is 24.8 Å². The fourth-order valence-corrected chi connectivity index (χ4v) is 5.65. The Morgan fingerprint density at radius 3 is 2.28 bits per heavy atom. The summed E-state index contributed by atoms with van der Waals surface area (Å²) in [5.41, 5.74) is 1.28. The monoisotopic (exact) mass is 526 g/mol. The Bertz CT molecular complexity index is 1310. The third-order valence-corrected chi connectivity index (χ3v) is 8.00. The van der Waals surface area contributed by atoms with Gasteiger partial charge in [0.25, 0.3) is 15.9 Å². The van der Waals surface area contributed by atoms with E-state index in [1.165, 1.54) is 28.6 Å². The Hall–Kier alpha value is -3.36. The second kappa shape index (κ2) is 11.6. The number of anilines is 1. The summed E-state index contributed by atoms with van der Waals surface area (Å²) in [5.74, 6) is -0.998. The lowest BCUT2D eigenvalue weighted by atomic mass is 10.1. The van der Waals surface area contributed by atoms with Crippen molar-refractivity contribution in [2.75, 3.05) is 24.0 Å². The summed E-state index contributed by atoms with van der Waals surface area (Å²) in [6.45, 7) is 1.03. The van der Waals surface area contributed by atoms with Crippen LogP contribution < -0.4 is 4.31 Å². The number of piperidine rings is 1. The summed E-state index contributed by atoms with van der Waals surface area (Å²) >= 11 is 6.02. The highest BCUT2D eigenvalue weighted by Crippen LogP contribution is 2.28. The molecular weight excluding hydrogens is 500 g/mol. The highest BCUT2D eigenvalue weighted by Gasteiger charge is 2.27. The lowest BCUT2D eigenvalue weighted by Crippen LogP contribution is -2.38. The molecule has 0 aromatic heterocycles. The van der Waals surface area contributed by atoms with Gasteiger partial charge in [0.15, 0.2) is 6.61 Å². The molecule has 1 saturated heterocycles. The van der Waals surface area contributed by atoms with Gasteiger partial charge in [-0.3, -0.25) is 9.10 Å². The zero-order valence-corrected chi connectivity index (χ0v) is 21.2. The number of sulfonamides is 1. The third-order valence-electron chi connectivity index (χ3n) is 5.98. The number of rotatable bonds is 8. The first-order valence-corrected chi connectivity index (χ1v) is 13.5. The van der Waals surface area contributed by atoms with Crippen LogP contribution in [0.3, 0.4) is 0 Å². The SMILES string of the molecule is O=C(OCC(=O)N1CCCCC1)c1cccc(S(=O)(=O)N(Cc2ccccc2)c2ccc(Cl)cc2)c1. The number of ether oxygens (including phenoxy) is 1. The second-order valence-electron chi connectivity index (χ2n) is 8.52. The van der Waals surface area contributed by atoms with Crippen LogP contribution in [0.2, 0.25) is 5.02 Å². The molecular formula is C27H27ClN2O5S. The quantitative estimate of drug-likeness (QED) is 0.390. The average molecular weight is 527 g/mol. The molecule has 0 spiro atoms. The predicted octanol–water partition coefficient (Wildman–Crippen LogP) is 4.90. The van der Waals surface area contributed by atoms with Crippen molar-refractivity contribution in [2.24, 2.45) is 0 Å². The minimum absolute atomic E-state index is 0.0540. The molecule has 1 amide bonds. The normalized spacial score (nSPS) is 13.8. The van der Waals surface area contributed by atoms with E-state index < -0.39 is 16.0 Å². The third kappa shape index (κ3) is 6.25. The molecule has 188 valence electrons. The summed E-state index contributed by atoms with van der Waals surface area (Å²) < 4.78 is 34.0. The molecule has 0 radical (unpaired) electrons. The maximum Gasteiger partial charge on any atom is 0.338 e. The Morgan fingerprint density at radius 1 is 0.889 bits per heavy atom. The molecule has 0 N–H and O–H groups in total. The molecule has 0 unspecified atom stereocenters. The van der Waals surface area contributed by atoms with Crippen LogP contribution in [0.15, 0.2) is 83.8 Å². The fourth-order valence-electron chi connectivity index (χ4n) is 4.03. The van der Waals surface area contributed by atoms with Gasteiger partial charge in [0.2, 0.25) is 0 Å². The maximum absolute atomic E-state index is 13.7. The number of hydrogen-bond donors (Lipinski definition) is 0. The lowest BCUT2D eigenvalue weighted by molar-refractivity contribution is -0.135. The number of carbonyl (C=O) groups excluding carboxylic acids is 2. The molecule has 9 heteroatoms. The molecule has 0 aliphatic carbocycles. The topological polar surface area (TPSA) is 84.0 Å². The van der Waals surface area contributed by atoms with Crippen molar-refractivity contribution in [3.63, 3.8) is 0 Å². The minimum atomic E-state index is -4.06. The van der Waals surface area contributed by atoms with Gasteiger partial charge in [-0.15, -0.1) is 0 Å². The van der Waals surface area contributed by atoms with E-state index in [1.54, 1.807) is 29.2 Å². The standard InChI is InChI=1S/C27H27ClN2O5S/c28-23-12-14-24(15-13-23)30(19-21-8-3-1-4-9-21)36(33,34)25-11-7-10-22(18-25)27(32)35-20-26(31)29-16-5-2-6-17-29/h1,3-4,7-15,18H,2,5-6,16-17,19-20H2. The first kappa shape index (κ1) is 25.7. The van der Waals surface area contributed by atoms with Crippen LogP contribution in [0, 0.1) is 0 Å². The molecule has 3 aromatic rings. The smallest absolute Gasteiger partial charge is 0.338 e. The molecule has 0 bridgehead atoms. The zero-order chi connectivity index (χ0) is 25.5. The maximum atomic E-state index is 13.7. The molecule has 0 atom stereocenters. The van der Waals surface area contributed by atoms with E-state index >= 15 is 0 Å². The van der Waals surface area contributed by atoms with Gasteiger partial charge in [0.05, 0.1) is 22.7 Å². The van der Waals surface area contributed by atoms with Crippen molar-refractivity contribution in [1.82, 2.24) is 4.90 Å². The van der Waals surface area contributed by atoms with Gasteiger partial charge in [-0.1, -0.05) is 48.0 Å². The summed E-state index contributed by atoms with van der Waals surface area (Å²) in [6, 6.07) is 21.4. The number of esters is 1. The molecule has 36 heavy (non-hydrogen) atoms. The van der Waals surface area contributed by atoms with Gasteiger partial charge in [0, 0.05) is 18.1 Å². The van der Waals surface area contributed by atoms with Crippen LogP contribution in [0.1, 0.15) is 35.2 Å². The van der Waals surface area contributed by atoms with Gasteiger partial charge in [-0.05, 0) is 67.3 Å². The summed E-state index contributed by atoms with van der Waals surface area (Å²) in [6.07, 6.45) is 2.96. The molecule has 1 aliphatic rings. The highest BCUT2D eigenvalue weighted by atomic mass is 35.5. The molecule has 0 saturated carbocycles. The number of nitrogens with zero attached hydrogens (tertiary/aromatic N) is 2. The van der Waals surface area contributed by atoms with E-state index in [-0.39, 0.29) is 29.5 Å². The van der Waals surface area contributed by atoms with Crippen molar-refractivity contribution in [3.8, 4) is 0 Å². The van der Waals surface area contributed by atoms with E-state index in [4.69, 9.17) is 16.3 Å². The number of halogens is 1. The van der Waals surface area contributed by atoms with Crippen LogP contribution in [-0.2, 0) is 26.1 Å². The number of carbonyl (C=O) groups is 2. The first-order chi connectivity index (χ1) is 17.3. The predicted molar refractivity (Wildman–Crippen MR) is 138 cm³/mol. The summed E-state index contributed by atoms with van der Waals surface area (Å²) in [5, 5.41) is 0.486. The Kier molecular flexibility index (Phi) is 8.28. The van der Waals surface area contributed by atoms with Crippen molar-refractivity contribution < 1.29 is 22.7 Å². The van der Waals surface area contributed by atoms with Gasteiger partial charge in [0.1, 0.15) is 0 Å². The molecule has 7 nitrogen and oxygen atoms in total. The van der Waals surface area contributed by atoms with Crippen molar-refractivity contribution in [3.05, 3.63) is 95.0 Å². The zero-order valence-electron chi connectivity index (χ0n) is 19.7. The van der Waals surface area contributed by atoms with Crippen molar-refractivity contribution in [2.45, 2.75) is 30.7 Å². The van der Waals surface area contributed by atoms with Crippen molar-refractivity contribution in [1.29, 1.82) is 0 Å². The van der Waals surface area contributed by atoms with Crippen LogP contribution in [-0.4, -0.2) is 44.9 Å². The summed E-state index contributed by atoms with van der Waals surface area (Å²) in [7, 11) is -4.06. The molecule has 1 aliphatic heterocycles. The van der Waals surface area contributed by atoms with E-state index in [2.05, 4.69) is 0 Å². The van der Waals surface area contributed by atoms with Gasteiger partial charge < -0.3 is 9.64 Å². The van der Waals surface area contributed by atoms with Gasteiger partial charge >= 0.3 is 5.97 Å². The number of likely N-dealkylation sites (tertiary alicyclic amines) is 1. The molecule has 1 heterocycles. The van der Waals surface area contributed by atoms with E-state index in [9.17, 15) is 18.0 Å². The van der Waals surface area contributed by atoms with Crippen LogP contribution in [0.5, 0.6) is 0 Å². The van der Waals surface area contributed by atoms with Crippen LogP contribution in [0.4, 0.5) is 5.69 Å². The van der Waals surface area contributed by atoms with Crippen LogP contribution >= 0.6 is 11.6 Å². The fraction of sp³-hybridized carbons (Fsp3) is 0.259. The number of hydrogen-bond acceptors (Lipinski definition) is 5. The summed E-state index contributed by atoms with van der Waals surface area (Å²) in [4.78, 5) is 26.6. The largest absolute Gasteiger partial charge is 0.452 e. The van der Waals surface area contributed by atoms with Gasteiger partial charge in [-0.2, -0.15) is 0 Å².